The molecular weight excluding hydrogens is 426 g/mol. The van der Waals surface area contributed by atoms with E-state index < -0.39 is 5.56 Å². The standard InChI is InChI=1S/C19H17N5O2S3/c20-18-22-16-15(17(26)23-18)21-19(24(16)9-10-25)29-14-7-5-13(6-8-14)28-12-3-1-11(27)2-4-12/h1-8,25,27H,9-10H2,(H3,20,22,23,26). The van der Waals surface area contributed by atoms with E-state index >= 15 is 0 Å². The largest absolute Gasteiger partial charge is 0.395 e. The fourth-order valence-electron chi connectivity index (χ4n) is 2.72. The maximum atomic E-state index is 12.1. The van der Waals surface area contributed by atoms with Crippen molar-refractivity contribution in [2.45, 2.75) is 31.3 Å². The molecule has 0 saturated heterocycles. The predicted octanol–water partition coefficient (Wildman–Crippen LogP) is 3.29. The average molecular weight is 444 g/mol. The van der Waals surface area contributed by atoms with Crippen LogP contribution in [0.4, 0.5) is 5.95 Å². The van der Waals surface area contributed by atoms with Crippen molar-refractivity contribution in [3.63, 3.8) is 0 Å². The van der Waals surface area contributed by atoms with E-state index in [1.165, 1.54) is 11.8 Å². The molecule has 2 heterocycles. The second-order valence-electron chi connectivity index (χ2n) is 6.06. The van der Waals surface area contributed by atoms with E-state index in [1.54, 1.807) is 16.3 Å². The maximum absolute atomic E-state index is 12.1. The molecule has 7 nitrogen and oxygen atoms in total. The van der Waals surface area contributed by atoms with E-state index in [0.717, 1.165) is 19.6 Å². The Kier molecular flexibility index (Phi) is 5.86. The number of nitrogens with zero attached hydrogens (tertiary/aromatic N) is 3. The van der Waals surface area contributed by atoms with Gasteiger partial charge in [-0.2, -0.15) is 4.98 Å². The number of anilines is 1. The van der Waals surface area contributed by atoms with Gasteiger partial charge >= 0.3 is 0 Å². The molecule has 0 saturated carbocycles. The fraction of sp³-hybridized carbons (Fsp3) is 0.105. The van der Waals surface area contributed by atoms with Crippen molar-refractivity contribution in [3.05, 3.63) is 58.9 Å². The molecule has 0 atom stereocenters. The number of aliphatic hydroxyl groups excluding tert-OH is 1. The van der Waals surface area contributed by atoms with Crippen molar-refractivity contribution in [2.24, 2.45) is 0 Å². The normalized spacial score (nSPS) is 11.2. The lowest BCUT2D eigenvalue weighted by Crippen LogP contribution is -2.12. The number of rotatable bonds is 6. The molecule has 2 aromatic heterocycles. The molecule has 29 heavy (non-hydrogen) atoms. The van der Waals surface area contributed by atoms with Crippen LogP contribution in [-0.2, 0) is 6.54 Å². The minimum atomic E-state index is -0.398. The van der Waals surface area contributed by atoms with Crippen molar-refractivity contribution in [3.8, 4) is 0 Å². The number of fused-ring (bicyclic) bond motifs is 1. The number of nitrogen functional groups attached to an aromatic ring is 1. The van der Waals surface area contributed by atoms with Gasteiger partial charge in [-0.05, 0) is 48.5 Å². The van der Waals surface area contributed by atoms with Gasteiger partial charge in [-0.15, -0.1) is 12.6 Å². The first-order valence-electron chi connectivity index (χ1n) is 8.65. The van der Waals surface area contributed by atoms with E-state index in [2.05, 4.69) is 27.6 Å². The van der Waals surface area contributed by atoms with Gasteiger partial charge in [0.05, 0.1) is 6.61 Å². The summed E-state index contributed by atoms with van der Waals surface area (Å²) < 4.78 is 1.70. The fourth-order valence-corrected chi connectivity index (χ4v) is 4.59. The van der Waals surface area contributed by atoms with Gasteiger partial charge < -0.3 is 15.4 Å². The second-order valence-corrected chi connectivity index (χ2v) is 8.77. The molecule has 0 radical (unpaired) electrons. The Hall–Kier alpha value is -2.40. The first-order valence-corrected chi connectivity index (χ1v) is 10.7. The molecule has 0 aliphatic carbocycles. The van der Waals surface area contributed by atoms with Gasteiger partial charge in [-0.25, -0.2) is 4.98 Å². The minimum absolute atomic E-state index is 0.0190. The van der Waals surface area contributed by atoms with E-state index in [9.17, 15) is 9.90 Å². The molecule has 0 unspecified atom stereocenters. The maximum Gasteiger partial charge on any atom is 0.280 e. The molecule has 4 aromatic rings. The molecule has 4 rings (SSSR count). The number of nitrogens with two attached hydrogens (primary N) is 1. The quantitative estimate of drug-likeness (QED) is 0.339. The van der Waals surface area contributed by atoms with Crippen LogP contribution in [0.5, 0.6) is 0 Å². The van der Waals surface area contributed by atoms with Crippen molar-refractivity contribution >= 4 is 53.3 Å². The van der Waals surface area contributed by atoms with Crippen LogP contribution in [0.3, 0.4) is 0 Å². The Morgan fingerprint density at radius 1 is 1.00 bits per heavy atom. The van der Waals surface area contributed by atoms with E-state index in [1.807, 2.05) is 48.5 Å². The van der Waals surface area contributed by atoms with Crippen LogP contribution in [0.15, 0.2) is 78.1 Å². The summed E-state index contributed by atoms with van der Waals surface area (Å²) in [6, 6.07) is 16.0. The molecule has 0 spiro atoms. The molecule has 4 N–H and O–H groups in total. The number of aliphatic hydroxyl groups is 1. The molecule has 0 bridgehead atoms. The third-order valence-corrected chi connectivity index (χ3v) is 6.33. The number of H-pyrrole nitrogens is 1. The van der Waals surface area contributed by atoms with Crippen LogP contribution < -0.4 is 11.3 Å². The minimum Gasteiger partial charge on any atom is -0.395 e. The Balaban J connectivity index is 1.59. The summed E-state index contributed by atoms with van der Waals surface area (Å²) in [5.41, 5.74) is 5.83. The van der Waals surface area contributed by atoms with E-state index in [-0.39, 0.29) is 24.6 Å². The van der Waals surface area contributed by atoms with Crippen LogP contribution in [0.25, 0.3) is 11.2 Å². The highest BCUT2D eigenvalue weighted by molar-refractivity contribution is 7.99. The SMILES string of the molecule is Nc1nc2c(nc(Sc3ccc(Sc4ccc(S)cc4)cc3)n2CCO)c(=O)[nH]1. The number of imidazole rings is 1. The van der Waals surface area contributed by atoms with Gasteiger partial charge in [0.2, 0.25) is 5.95 Å². The highest BCUT2D eigenvalue weighted by Crippen LogP contribution is 2.33. The van der Waals surface area contributed by atoms with E-state index in [0.29, 0.717) is 10.8 Å². The molecule has 0 fully saturated rings. The summed E-state index contributed by atoms with van der Waals surface area (Å²) in [6.45, 7) is 0.165. The van der Waals surface area contributed by atoms with Crippen LogP contribution in [0, 0.1) is 0 Å². The summed E-state index contributed by atoms with van der Waals surface area (Å²) in [5, 5.41) is 9.98. The van der Waals surface area contributed by atoms with Gasteiger partial charge in [0.1, 0.15) is 0 Å². The van der Waals surface area contributed by atoms with Crippen LogP contribution in [0.2, 0.25) is 0 Å². The number of hydrogen-bond donors (Lipinski definition) is 4. The number of aromatic nitrogens is 4. The van der Waals surface area contributed by atoms with Gasteiger partial charge in [0.25, 0.3) is 5.56 Å². The van der Waals surface area contributed by atoms with Gasteiger partial charge in [0, 0.05) is 26.1 Å². The van der Waals surface area contributed by atoms with E-state index in [4.69, 9.17) is 5.73 Å². The molecule has 0 aliphatic rings. The number of thiol groups is 1. The van der Waals surface area contributed by atoms with Crippen LogP contribution in [0.1, 0.15) is 0 Å². The third kappa shape index (κ3) is 4.45. The third-order valence-electron chi connectivity index (χ3n) is 4.02. The second kappa shape index (κ2) is 8.54. The summed E-state index contributed by atoms with van der Waals surface area (Å²) in [6.07, 6.45) is 0. The highest BCUT2D eigenvalue weighted by atomic mass is 32.2. The first kappa shape index (κ1) is 19.9. The van der Waals surface area contributed by atoms with Gasteiger partial charge in [-0.3, -0.25) is 9.78 Å². The smallest absolute Gasteiger partial charge is 0.280 e. The number of nitrogens with one attached hydrogen (secondary N) is 1. The topological polar surface area (TPSA) is 110 Å². The number of hydrogen-bond acceptors (Lipinski definition) is 8. The molecule has 10 heteroatoms. The zero-order chi connectivity index (χ0) is 20.4. The molecule has 0 amide bonds. The lowest BCUT2D eigenvalue weighted by Gasteiger charge is -2.07. The summed E-state index contributed by atoms with van der Waals surface area (Å²) in [4.78, 5) is 27.3. The highest BCUT2D eigenvalue weighted by Gasteiger charge is 2.16. The zero-order valence-electron chi connectivity index (χ0n) is 15.1. The zero-order valence-corrected chi connectivity index (χ0v) is 17.6. The van der Waals surface area contributed by atoms with Crippen molar-refractivity contribution in [1.82, 2.24) is 19.5 Å². The predicted molar refractivity (Wildman–Crippen MR) is 118 cm³/mol. The van der Waals surface area contributed by atoms with Crippen molar-refractivity contribution < 1.29 is 5.11 Å². The molecule has 0 aliphatic heterocycles. The summed E-state index contributed by atoms with van der Waals surface area (Å²) in [7, 11) is 0. The Bertz CT molecular complexity index is 1200. The van der Waals surface area contributed by atoms with Gasteiger partial charge in [-0.1, -0.05) is 23.5 Å². The summed E-state index contributed by atoms with van der Waals surface area (Å²) >= 11 is 7.37. The molecule has 148 valence electrons. The molecule has 2 aromatic carbocycles. The van der Waals surface area contributed by atoms with Crippen molar-refractivity contribution in [1.29, 1.82) is 0 Å². The Labute approximate surface area is 180 Å². The Morgan fingerprint density at radius 3 is 2.21 bits per heavy atom. The monoisotopic (exact) mass is 443 g/mol. The summed E-state index contributed by atoms with van der Waals surface area (Å²) in [5.74, 6) is 0.0190. The molecular formula is C19H17N5O2S3. The lowest BCUT2D eigenvalue weighted by atomic mass is 10.4. The first-order chi connectivity index (χ1) is 14.0. The van der Waals surface area contributed by atoms with Gasteiger partial charge in [0.15, 0.2) is 16.3 Å². The van der Waals surface area contributed by atoms with Crippen LogP contribution >= 0.6 is 36.2 Å². The number of aromatic amines is 1. The Morgan fingerprint density at radius 2 is 1.59 bits per heavy atom. The number of benzene rings is 2. The average Bonchev–Trinajstić information content (AvgIpc) is 3.03. The lowest BCUT2D eigenvalue weighted by molar-refractivity contribution is 0.273. The van der Waals surface area contributed by atoms with Crippen molar-refractivity contribution in [2.75, 3.05) is 12.3 Å². The van der Waals surface area contributed by atoms with Crippen LogP contribution in [-0.4, -0.2) is 31.2 Å².